The minimum Gasteiger partial charge on any atom is -0.383 e. The van der Waals surface area contributed by atoms with Crippen molar-refractivity contribution < 1.29 is 4.74 Å². The van der Waals surface area contributed by atoms with Gasteiger partial charge in [-0.25, -0.2) is 4.98 Å². The van der Waals surface area contributed by atoms with Crippen molar-refractivity contribution in [2.75, 3.05) is 31.7 Å². The van der Waals surface area contributed by atoms with Crippen LogP contribution in [0.1, 0.15) is 24.0 Å². The first kappa shape index (κ1) is 22.7. The molecule has 0 radical (unpaired) electrons. The molecule has 1 aliphatic heterocycles. The maximum atomic E-state index is 13.7. The summed E-state index contributed by atoms with van der Waals surface area (Å²) in [5.41, 5.74) is 10.9. The predicted octanol–water partition coefficient (Wildman–Crippen LogP) is 3.33. The third-order valence-electron chi connectivity index (χ3n) is 6.12. The molecule has 0 bridgehead atoms. The number of nitrogens with zero attached hydrogens (tertiary/aromatic N) is 4. The Morgan fingerprint density at radius 1 is 1.09 bits per heavy atom. The van der Waals surface area contributed by atoms with E-state index in [4.69, 9.17) is 15.5 Å². The lowest BCUT2D eigenvalue weighted by Gasteiger charge is -2.31. The highest BCUT2D eigenvalue weighted by atomic mass is 16.5. The van der Waals surface area contributed by atoms with Crippen LogP contribution in [-0.4, -0.2) is 42.4 Å². The average Bonchev–Trinajstić information content (AvgIpc) is 2.84. The molecule has 170 valence electrons. The Balaban J connectivity index is 1.97. The van der Waals surface area contributed by atoms with Gasteiger partial charge in [-0.1, -0.05) is 42.0 Å². The molecular weight excluding hydrogens is 414 g/mol. The zero-order valence-corrected chi connectivity index (χ0v) is 19.1. The highest BCUT2D eigenvalue weighted by molar-refractivity contribution is 5.79. The van der Waals surface area contributed by atoms with E-state index in [1.165, 1.54) is 0 Å². The van der Waals surface area contributed by atoms with Crippen molar-refractivity contribution in [1.29, 1.82) is 5.26 Å². The molecule has 1 aliphatic rings. The third kappa shape index (κ3) is 4.82. The fraction of sp³-hybridized carbons (Fsp3) is 0.346. The fourth-order valence-corrected chi connectivity index (χ4v) is 4.18. The number of anilines is 1. The molecule has 33 heavy (non-hydrogen) atoms. The van der Waals surface area contributed by atoms with E-state index in [0.29, 0.717) is 43.3 Å². The van der Waals surface area contributed by atoms with E-state index in [-0.39, 0.29) is 11.6 Å². The first-order valence-electron chi connectivity index (χ1n) is 11.2. The van der Waals surface area contributed by atoms with Crippen LogP contribution in [0.4, 0.5) is 5.82 Å². The van der Waals surface area contributed by atoms with Crippen LogP contribution in [0.25, 0.3) is 22.5 Å². The van der Waals surface area contributed by atoms with Crippen LogP contribution in [-0.2, 0) is 11.3 Å². The summed E-state index contributed by atoms with van der Waals surface area (Å²) >= 11 is 0. The lowest BCUT2D eigenvalue weighted by atomic mass is 10.0. The van der Waals surface area contributed by atoms with Crippen molar-refractivity contribution in [3.05, 3.63) is 70.0 Å². The van der Waals surface area contributed by atoms with Gasteiger partial charge in [0.1, 0.15) is 0 Å². The first-order valence-corrected chi connectivity index (χ1v) is 11.2. The second-order valence-corrected chi connectivity index (χ2v) is 8.46. The van der Waals surface area contributed by atoms with E-state index in [2.05, 4.69) is 6.07 Å². The third-order valence-corrected chi connectivity index (χ3v) is 6.12. The van der Waals surface area contributed by atoms with Crippen LogP contribution in [0.2, 0.25) is 0 Å². The Morgan fingerprint density at radius 2 is 1.73 bits per heavy atom. The number of rotatable bonds is 6. The highest BCUT2D eigenvalue weighted by Gasteiger charge is 2.25. The lowest BCUT2D eigenvalue weighted by molar-refractivity contribution is 0.186. The zero-order valence-electron chi connectivity index (χ0n) is 19.1. The van der Waals surface area contributed by atoms with Crippen LogP contribution in [0.15, 0.2) is 53.3 Å². The van der Waals surface area contributed by atoms with Gasteiger partial charge in [-0.15, -0.1) is 0 Å². The van der Waals surface area contributed by atoms with E-state index in [1.54, 1.807) is 23.8 Å². The molecule has 0 aliphatic carbocycles. The normalized spacial score (nSPS) is 14.3. The van der Waals surface area contributed by atoms with Crippen LogP contribution >= 0.6 is 0 Å². The van der Waals surface area contributed by atoms with Gasteiger partial charge < -0.3 is 19.9 Å². The molecule has 2 heterocycles. The largest absolute Gasteiger partial charge is 0.383 e. The lowest BCUT2D eigenvalue weighted by Crippen LogP contribution is -2.43. The summed E-state index contributed by atoms with van der Waals surface area (Å²) in [7, 11) is 1.63. The Bertz CT molecular complexity index is 1200. The molecule has 0 spiro atoms. The van der Waals surface area contributed by atoms with E-state index in [0.717, 1.165) is 35.2 Å². The number of methoxy groups -OCH3 is 1. The summed E-state index contributed by atoms with van der Waals surface area (Å²) in [5.74, 6) is 0.438. The highest BCUT2D eigenvalue weighted by Crippen LogP contribution is 2.32. The quantitative estimate of drug-likeness (QED) is 0.628. The van der Waals surface area contributed by atoms with E-state index >= 15 is 0 Å². The van der Waals surface area contributed by atoms with Gasteiger partial charge in [0.15, 0.2) is 5.82 Å². The topological polar surface area (TPSA) is 97.2 Å². The first-order chi connectivity index (χ1) is 16.0. The Hall–Kier alpha value is -3.47. The number of aromatic nitrogens is 2. The van der Waals surface area contributed by atoms with Gasteiger partial charge in [-0.05, 0) is 31.9 Å². The van der Waals surface area contributed by atoms with Gasteiger partial charge in [-0.2, -0.15) is 5.26 Å². The number of aryl methyl sites for hydroxylation is 1. The van der Waals surface area contributed by atoms with Gasteiger partial charge in [0.25, 0.3) is 5.56 Å². The molecule has 7 nitrogen and oxygen atoms in total. The van der Waals surface area contributed by atoms with Gasteiger partial charge in [0.2, 0.25) is 0 Å². The van der Waals surface area contributed by atoms with Gasteiger partial charge in [-0.3, -0.25) is 4.79 Å². The maximum absolute atomic E-state index is 13.7. The van der Waals surface area contributed by atoms with E-state index < -0.39 is 0 Å². The van der Waals surface area contributed by atoms with Crippen LogP contribution < -0.4 is 16.2 Å². The number of piperidine rings is 1. The number of benzene rings is 2. The Labute approximate surface area is 194 Å². The monoisotopic (exact) mass is 443 g/mol. The molecule has 0 amide bonds. The average molecular weight is 444 g/mol. The molecule has 0 unspecified atom stereocenters. The van der Waals surface area contributed by atoms with Crippen LogP contribution in [0.3, 0.4) is 0 Å². The smallest absolute Gasteiger partial charge is 0.294 e. The van der Waals surface area contributed by atoms with E-state index in [1.807, 2.05) is 48.2 Å². The Morgan fingerprint density at radius 3 is 2.33 bits per heavy atom. The van der Waals surface area contributed by atoms with Crippen molar-refractivity contribution in [3.8, 4) is 28.6 Å². The van der Waals surface area contributed by atoms with Crippen LogP contribution in [0, 0.1) is 18.3 Å². The molecule has 2 N–H and O–H groups in total. The summed E-state index contributed by atoms with van der Waals surface area (Å²) in [5, 5.41) is 9.23. The second kappa shape index (κ2) is 9.99. The molecule has 4 rings (SSSR count). The molecule has 2 aromatic carbocycles. The molecular formula is C26H29N5O2. The standard InChI is InChI=1S/C26H29N5O2/c1-18-3-7-21(8-4-18)24-23(20-9-5-19(17-27)6-10-20)29-25(26(32)31(24)15-16-33-2)30-13-11-22(28)12-14-30/h3-10,22H,11-16,28H2,1-2H3. The summed E-state index contributed by atoms with van der Waals surface area (Å²) in [6.07, 6.45) is 1.65. The predicted molar refractivity (Wildman–Crippen MR) is 130 cm³/mol. The number of hydrogen-bond acceptors (Lipinski definition) is 6. The van der Waals surface area contributed by atoms with Gasteiger partial charge in [0, 0.05) is 43.9 Å². The summed E-state index contributed by atoms with van der Waals surface area (Å²) < 4.78 is 7.12. The maximum Gasteiger partial charge on any atom is 0.294 e. The summed E-state index contributed by atoms with van der Waals surface area (Å²) in [6, 6.07) is 17.7. The van der Waals surface area contributed by atoms with Gasteiger partial charge in [0.05, 0.1) is 29.6 Å². The Kier molecular flexibility index (Phi) is 6.87. The zero-order chi connectivity index (χ0) is 23.4. The van der Waals surface area contributed by atoms with Crippen LogP contribution in [0.5, 0.6) is 0 Å². The SMILES string of the molecule is COCCn1c(-c2ccc(C)cc2)c(-c2ccc(C#N)cc2)nc(N2CCC(N)CC2)c1=O. The van der Waals surface area contributed by atoms with Crippen molar-refractivity contribution in [1.82, 2.24) is 9.55 Å². The molecule has 0 saturated carbocycles. The molecule has 1 saturated heterocycles. The molecule has 1 aromatic heterocycles. The van der Waals surface area contributed by atoms with Gasteiger partial charge >= 0.3 is 0 Å². The van der Waals surface area contributed by atoms with Crippen molar-refractivity contribution >= 4 is 5.82 Å². The minimum absolute atomic E-state index is 0.129. The van der Waals surface area contributed by atoms with E-state index in [9.17, 15) is 10.1 Å². The van der Waals surface area contributed by atoms with Crippen molar-refractivity contribution in [2.24, 2.45) is 5.73 Å². The minimum atomic E-state index is -0.129. The molecule has 7 heteroatoms. The molecule has 3 aromatic rings. The summed E-state index contributed by atoms with van der Waals surface area (Å²) in [6.45, 7) is 4.24. The van der Waals surface area contributed by atoms with Crippen molar-refractivity contribution in [2.45, 2.75) is 32.4 Å². The number of nitrogens with two attached hydrogens (primary N) is 1. The molecule has 0 atom stereocenters. The summed E-state index contributed by atoms with van der Waals surface area (Å²) in [4.78, 5) is 20.7. The number of hydrogen-bond donors (Lipinski definition) is 1. The molecule has 1 fully saturated rings. The second-order valence-electron chi connectivity index (χ2n) is 8.46. The number of nitriles is 1. The van der Waals surface area contributed by atoms with Crippen molar-refractivity contribution in [3.63, 3.8) is 0 Å². The number of ether oxygens (including phenoxy) is 1. The fourth-order valence-electron chi connectivity index (χ4n) is 4.18.